The van der Waals surface area contributed by atoms with Crippen molar-refractivity contribution in [1.29, 1.82) is 0 Å². The van der Waals surface area contributed by atoms with Gasteiger partial charge in [-0.3, -0.25) is 14.3 Å². The third-order valence-electron chi connectivity index (χ3n) is 4.57. The lowest BCUT2D eigenvalue weighted by Crippen LogP contribution is -2.21. The number of carbonyl (C=O) groups excluding carboxylic acids is 2. The van der Waals surface area contributed by atoms with Gasteiger partial charge in [0.25, 0.3) is 5.91 Å². The van der Waals surface area contributed by atoms with Gasteiger partial charge in [0.2, 0.25) is 5.91 Å². The minimum absolute atomic E-state index is 0.189. The number of hydrogen-bond acceptors (Lipinski definition) is 8. The molecule has 0 aliphatic heterocycles. The van der Waals surface area contributed by atoms with E-state index in [2.05, 4.69) is 36.3 Å². The number of nitrogens with zero attached hydrogens (tertiary/aromatic N) is 4. The second-order valence-corrected chi connectivity index (χ2v) is 6.85. The number of nitrogens with one attached hydrogen (secondary N) is 4. The Balaban J connectivity index is 1.98. The highest BCUT2D eigenvalue weighted by atomic mass is 16.5. The fourth-order valence-corrected chi connectivity index (χ4v) is 3.03. The Labute approximate surface area is 185 Å². The second-order valence-electron chi connectivity index (χ2n) is 6.85. The van der Waals surface area contributed by atoms with Crippen molar-refractivity contribution < 1.29 is 14.3 Å². The van der Waals surface area contributed by atoms with Gasteiger partial charge in [0.1, 0.15) is 12.1 Å². The SMILES string of the molecule is CNCCC(=O)Nc1cc(Nc2cccc(-c3ncn(C)n3)c2OC)c(C(=O)NC)cn1. The highest BCUT2D eigenvalue weighted by Gasteiger charge is 2.18. The van der Waals surface area contributed by atoms with Crippen LogP contribution in [0.15, 0.2) is 36.8 Å². The van der Waals surface area contributed by atoms with Crippen molar-refractivity contribution in [3.05, 3.63) is 42.4 Å². The van der Waals surface area contributed by atoms with Crippen molar-refractivity contribution in [2.75, 3.05) is 38.4 Å². The zero-order valence-electron chi connectivity index (χ0n) is 18.4. The Morgan fingerprint density at radius 1 is 1.16 bits per heavy atom. The van der Waals surface area contributed by atoms with Crippen LogP contribution in [-0.4, -0.2) is 59.3 Å². The Kier molecular flexibility index (Phi) is 7.34. The summed E-state index contributed by atoms with van der Waals surface area (Å²) < 4.78 is 7.24. The first-order chi connectivity index (χ1) is 15.5. The summed E-state index contributed by atoms with van der Waals surface area (Å²) in [6.45, 7) is 0.540. The van der Waals surface area contributed by atoms with E-state index in [-0.39, 0.29) is 11.8 Å². The lowest BCUT2D eigenvalue weighted by atomic mass is 10.1. The third kappa shape index (κ3) is 5.19. The lowest BCUT2D eigenvalue weighted by molar-refractivity contribution is -0.116. The lowest BCUT2D eigenvalue weighted by Gasteiger charge is -2.16. The zero-order chi connectivity index (χ0) is 23.1. The van der Waals surface area contributed by atoms with E-state index < -0.39 is 0 Å². The van der Waals surface area contributed by atoms with Gasteiger partial charge in [-0.25, -0.2) is 9.97 Å². The molecule has 0 aliphatic rings. The van der Waals surface area contributed by atoms with Crippen molar-refractivity contribution in [2.45, 2.75) is 6.42 Å². The molecule has 0 fully saturated rings. The van der Waals surface area contributed by atoms with E-state index in [0.29, 0.717) is 52.9 Å². The minimum atomic E-state index is -0.324. The van der Waals surface area contributed by atoms with Gasteiger partial charge in [-0.1, -0.05) is 6.07 Å². The Bertz CT molecular complexity index is 1110. The van der Waals surface area contributed by atoms with Crippen LogP contribution in [0.25, 0.3) is 11.4 Å². The molecule has 2 amide bonds. The number of ether oxygens (including phenoxy) is 1. The highest BCUT2D eigenvalue weighted by molar-refractivity contribution is 6.01. The van der Waals surface area contributed by atoms with Crippen molar-refractivity contribution in [3.63, 3.8) is 0 Å². The number of rotatable bonds is 9. The summed E-state index contributed by atoms with van der Waals surface area (Å²) in [5.41, 5.74) is 2.05. The molecule has 2 aromatic heterocycles. The number of methoxy groups -OCH3 is 1. The molecule has 3 aromatic rings. The molecule has 11 heteroatoms. The minimum Gasteiger partial charge on any atom is -0.494 e. The summed E-state index contributed by atoms with van der Waals surface area (Å²) >= 11 is 0. The Hall–Kier alpha value is -3.99. The molecule has 2 heterocycles. The molecule has 0 aliphatic carbocycles. The van der Waals surface area contributed by atoms with Crippen LogP contribution in [0.4, 0.5) is 17.2 Å². The van der Waals surface area contributed by atoms with Crippen LogP contribution < -0.4 is 26.0 Å². The van der Waals surface area contributed by atoms with Gasteiger partial charge in [-0.05, 0) is 19.2 Å². The number of pyridine rings is 1. The summed E-state index contributed by atoms with van der Waals surface area (Å²) in [6, 6.07) is 7.09. The molecule has 168 valence electrons. The number of hydrogen-bond donors (Lipinski definition) is 4. The molecular weight excluding hydrogens is 412 g/mol. The summed E-state index contributed by atoms with van der Waals surface area (Å²) in [6.07, 6.45) is 3.31. The molecule has 3 rings (SSSR count). The van der Waals surface area contributed by atoms with E-state index in [1.165, 1.54) is 13.2 Å². The molecule has 4 N–H and O–H groups in total. The number of aromatic nitrogens is 4. The summed E-state index contributed by atoms with van der Waals surface area (Å²) in [5, 5.41) is 15.8. The molecule has 32 heavy (non-hydrogen) atoms. The maximum Gasteiger partial charge on any atom is 0.254 e. The largest absolute Gasteiger partial charge is 0.494 e. The molecule has 0 saturated heterocycles. The summed E-state index contributed by atoms with van der Waals surface area (Å²) in [4.78, 5) is 33.0. The van der Waals surface area contributed by atoms with Crippen molar-refractivity contribution in [1.82, 2.24) is 30.4 Å². The van der Waals surface area contributed by atoms with Gasteiger partial charge in [0, 0.05) is 39.3 Å². The van der Waals surface area contributed by atoms with Gasteiger partial charge >= 0.3 is 0 Å². The normalized spacial score (nSPS) is 10.5. The first-order valence-electron chi connectivity index (χ1n) is 9.93. The number of anilines is 3. The average molecular weight is 438 g/mol. The number of benzene rings is 1. The third-order valence-corrected chi connectivity index (χ3v) is 4.57. The molecule has 0 bridgehead atoms. The van der Waals surface area contributed by atoms with Crippen LogP contribution in [0.2, 0.25) is 0 Å². The highest BCUT2D eigenvalue weighted by Crippen LogP contribution is 2.37. The predicted molar refractivity (Wildman–Crippen MR) is 121 cm³/mol. The molecule has 0 atom stereocenters. The first-order valence-corrected chi connectivity index (χ1v) is 9.93. The molecule has 0 saturated carbocycles. The van der Waals surface area contributed by atoms with Gasteiger partial charge in [0.15, 0.2) is 11.6 Å². The molecule has 0 spiro atoms. The van der Waals surface area contributed by atoms with Gasteiger partial charge < -0.3 is 26.0 Å². The van der Waals surface area contributed by atoms with E-state index in [9.17, 15) is 9.59 Å². The van der Waals surface area contributed by atoms with Crippen LogP contribution in [-0.2, 0) is 11.8 Å². The molecule has 1 aromatic carbocycles. The van der Waals surface area contributed by atoms with E-state index in [1.54, 1.807) is 38.3 Å². The number of amides is 2. The quantitative estimate of drug-likeness (QED) is 0.395. The van der Waals surface area contributed by atoms with Crippen molar-refractivity contribution in [2.24, 2.45) is 7.05 Å². The van der Waals surface area contributed by atoms with E-state index in [0.717, 1.165) is 0 Å². The summed E-state index contributed by atoms with van der Waals surface area (Å²) in [5.74, 6) is 0.827. The number of carbonyl (C=O) groups is 2. The summed E-state index contributed by atoms with van der Waals surface area (Å²) in [7, 11) is 6.64. The van der Waals surface area contributed by atoms with Gasteiger partial charge in [-0.15, -0.1) is 0 Å². The fourth-order valence-electron chi connectivity index (χ4n) is 3.03. The standard InChI is InChI=1S/C21H26N8O3/c1-22-9-8-18(30)27-17-10-16(14(11-24-17)21(31)23-2)26-15-7-5-6-13(19(15)32-4)20-25-12-29(3)28-20/h5-7,10-12,22H,8-9H2,1-4H3,(H,23,31)(H2,24,26,27,30). The zero-order valence-corrected chi connectivity index (χ0v) is 18.4. The molecule has 0 radical (unpaired) electrons. The monoisotopic (exact) mass is 438 g/mol. The topological polar surface area (TPSA) is 135 Å². The second kappa shape index (κ2) is 10.4. The maximum absolute atomic E-state index is 12.4. The van der Waals surface area contributed by atoms with Crippen LogP contribution >= 0.6 is 0 Å². The van der Waals surface area contributed by atoms with Crippen LogP contribution in [0, 0.1) is 0 Å². The smallest absolute Gasteiger partial charge is 0.254 e. The molecular formula is C21H26N8O3. The van der Waals surface area contributed by atoms with Crippen molar-refractivity contribution >= 4 is 29.0 Å². The van der Waals surface area contributed by atoms with Gasteiger partial charge in [0.05, 0.1) is 29.6 Å². The number of para-hydroxylation sites is 1. The predicted octanol–water partition coefficient (Wildman–Crippen LogP) is 1.54. The Morgan fingerprint density at radius 3 is 2.62 bits per heavy atom. The first kappa shape index (κ1) is 22.7. The molecule has 11 nitrogen and oxygen atoms in total. The van der Waals surface area contributed by atoms with Crippen LogP contribution in [0.5, 0.6) is 5.75 Å². The van der Waals surface area contributed by atoms with Crippen LogP contribution in [0.3, 0.4) is 0 Å². The number of aryl methyl sites for hydroxylation is 1. The van der Waals surface area contributed by atoms with Crippen LogP contribution in [0.1, 0.15) is 16.8 Å². The average Bonchev–Trinajstić information content (AvgIpc) is 3.23. The molecule has 0 unspecified atom stereocenters. The van der Waals surface area contributed by atoms with E-state index >= 15 is 0 Å². The van der Waals surface area contributed by atoms with E-state index in [4.69, 9.17) is 4.74 Å². The maximum atomic E-state index is 12.4. The van der Waals surface area contributed by atoms with Gasteiger partial charge in [-0.2, -0.15) is 5.10 Å². The van der Waals surface area contributed by atoms with E-state index in [1.807, 2.05) is 18.2 Å². The fraction of sp³-hybridized carbons (Fsp3) is 0.286. The Morgan fingerprint density at radius 2 is 1.97 bits per heavy atom. The van der Waals surface area contributed by atoms with Crippen molar-refractivity contribution in [3.8, 4) is 17.1 Å².